The third-order valence-electron chi connectivity index (χ3n) is 1.56. The molecule has 5 heteroatoms. The zero-order valence-corrected chi connectivity index (χ0v) is 9.53. The summed E-state index contributed by atoms with van der Waals surface area (Å²) in [4.78, 5) is 11.4. The van der Waals surface area contributed by atoms with Crippen molar-refractivity contribution in [1.29, 1.82) is 0 Å². The van der Waals surface area contributed by atoms with E-state index >= 15 is 0 Å². The van der Waals surface area contributed by atoms with E-state index in [1.165, 1.54) is 0 Å². The SMILES string of the molecule is O=C(NCCF)c1ccc(Br)cc1Cl. The molecule has 0 heterocycles. The van der Waals surface area contributed by atoms with Crippen molar-refractivity contribution < 1.29 is 9.18 Å². The van der Waals surface area contributed by atoms with E-state index in [9.17, 15) is 9.18 Å². The molecule has 0 saturated carbocycles. The quantitative estimate of drug-likeness (QED) is 0.906. The minimum atomic E-state index is -0.583. The largest absolute Gasteiger partial charge is 0.349 e. The van der Waals surface area contributed by atoms with Crippen LogP contribution in [0.5, 0.6) is 0 Å². The molecule has 1 aromatic rings. The lowest BCUT2D eigenvalue weighted by atomic mass is 10.2. The van der Waals surface area contributed by atoms with E-state index in [2.05, 4.69) is 21.2 Å². The Morgan fingerprint density at radius 3 is 2.86 bits per heavy atom. The van der Waals surface area contributed by atoms with Crippen LogP contribution in [0.3, 0.4) is 0 Å². The molecule has 1 N–H and O–H groups in total. The summed E-state index contributed by atoms with van der Waals surface area (Å²) in [5.41, 5.74) is 0.350. The standard InChI is InChI=1S/C9H8BrClFNO/c10-6-1-2-7(8(11)5-6)9(14)13-4-3-12/h1-2,5H,3-4H2,(H,13,14). The van der Waals surface area contributed by atoms with E-state index in [-0.39, 0.29) is 12.5 Å². The van der Waals surface area contributed by atoms with Crippen LogP contribution in [0.1, 0.15) is 10.4 Å². The van der Waals surface area contributed by atoms with Gasteiger partial charge in [-0.25, -0.2) is 4.39 Å². The maximum atomic E-state index is 11.8. The lowest BCUT2D eigenvalue weighted by Gasteiger charge is -2.04. The highest BCUT2D eigenvalue weighted by Crippen LogP contribution is 2.21. The van der Waals surface area contributed by atoms with Gasteiger partial charge in [-0.2, -0.15) is 0 Å². The topological polar surface area (TPSA) is 29.1 Å². The normalized spacial score (nSPS) is 9.93. The third kappa shape index (κ3) is 2.96. The van der Waals surface area contributed by atoms with Crippen LogP contribution in [0.25, 0.3) is 0 Å². The minimum Gasteiger partial charge on any atom is -0.349 e. The first kappa shape index (κ1) is 11.5. The predicted octanol–water partition coefficient (Wildman–Crippen LogP) is 2.80. The second kappa shape index (κ2) is 5.32. The molecule has 0 aliphatic rings. The molecule has 0 fully saturated rings. The molecule has 0 atom stereocenters. The Balaban J connectivity index is 2.80. The number of halogens is 3. The Bertz CT molecular complexity index is 346. The molecule has 76 valence electrons. The van der Waals surface area contributed by atoms with E-state index in [1.54, 1.807) is 18.2 Å². The maximum absolute atomic E-state index is 11.8. The Hall–Kier alpha value is -0.610. The molecule has 0 aromatic heterocycles. The zero-order valence-electron chi connectivity index (χ0n) is 7.19. The summed E-state index contributed by atoms with van der Waals surface area (Å²) in [7, 11) is 0. The molecule has 1 aromatic carbocycles. The van der Waals surface area contributed by atoms with Gasteiger partial charge in [0.25, 0.3) is 5.91 Å². The second-order valence-corrected chi connectivity index (χ2v) is 3.89. The number of alkyl halides is 1. The highest BCUT2D eigenvalue weighted by atomic mass is 79.9. The maximum Gasteiger partial charge on any atom is 0.252 e. The lowest BCUT2D eigenvalue weighted by molar-refractivity contribution is 0.0951. The Morgan fingerprint density at radius 1 is 1.57 bits per heavy atom. The smallest absolute Gasteiger partial charge is 0.252 e. The number of amides is 1. The van der Waals surface area contributed by atoms with Gasteiger partial charge >= 0.3 is 0 Å². The van der Waals surface area contributed by atoms with E-state index in [0.717, 1.165) is 4.47 Å². The Labute approximate surface area is 94.6 Å². The second-order valence-electron chi connectivity index (χ2n) is 2.57. The zero-order chi connectivity index (χ0) is 10.6. The van der Waals surface area contributed by atoms with Crippen molar-refractivity contribution in [3.05, 3.63) is 33.3 Å². The summed E-state index contributed by atoms with van der Waals surface area (Å²) in [6, 6.07) is 4.90. The molecule has 0 bridgehead atoms. The summed E-state index contributed by atoms with van der Waals surface area (Å²) < 4.78 is 12.6. The first-order valence-corrected chi connectivity index (χ1v) is 5.11. The Morgan fingerprint density at radius 2 is 2.29 bits per heavy atom. The van der Waals surface area contributed by atoms with Gasteiger partial charge in [-0.15, -0.1) is 0 Å². The van der Waals surface area contributed by atoms with E-state index in [0.29, 0.717) is 10.6 Å². The number of carbonyl (C=O) groups excluding carboxylic acids is 1. The van der Waals surface area contributed by atoms with Gasteiger partial charge in [0.1, 0.15) is 6.67 Å². The van der Waals surface area contributed by atoms with Crippen molar-refractivity contribution in [3.8, 4) is 0 Å². The number of hydrogen-bond acceptors (Lipinski definition) is 1. The van der Waals surface area contributed by atoms with E-state index in [4.69, 9.17) is 11.6 Å². The first-order chi connectivity index (χ1) is 6.65. The van der Waals surface area contributed by atoms with Crippen molar-refractivity contribution in [2.24, 2.45) is 0 Å². The van der Waals surface area contributed by atoms with Gasteiger partial charge in [-0.3, -0.25) is 4.79 Å². The molecule has 1 amide bonds. The number of hydrogen-bond donors (Lipinski definition) is 1. The fourth-order valence-corrected chi connectivity index (χ4v) is 1.69. The van der Waals surface area contributed by atoms with Crippen LogP contribution in [0, 0.1) is 0 Å². The average Bonchev–Trinajstić information content (AvgIpc) is 2.14. The van der Waals surface area contributed by atoms with Crippen molar-refractivity contribution in [2.75, 3.05) is 13.2 Å². The van der Waals surface area contributed by atoms with E-state index in [1.807, 2.05) is 0 Å². The number of carbonyl (C=O) groups is 1. The minimum absolute atomic E-state index is 0.00518. The van der Waals surface area contributed by atoms with Crippen LogP contribution in [-0.2, 0) is 0 Å². The van der Waals surface area contributed by atoms with Crippen LogP contribution < -0.4 is 5.32 Å². The van der Waals surface area contributed by atoms with Gasteiger partial charge in [0.05, 0.1) is 10.6 Å². The molecule has 0 saturated heterocycles. The van der Waals surface area contributed by atoms with Crippen LogP contribution >= 0.6 is 27.5 Å². The van der Waals surface area contributed by atoms with Crippen LogP contribution in [-0.4, -0.2) is 19.1 Å². The van der Waals surface area contributed by atoms with Gasteiger partial charge in [0.15, 0.2) is 0 Å². The molecule has 0 aliphatic heterocycles. The summed E-state index contributed by atoms with van der Waals surface area (Å²) in [6.07, 6.45) is 0. The summed E-state index contributed by atoms with van der Waals surface area (Å²) in [5.74, 6) is -0.361. The fraction of sp³-hybridized carbons (Fsp3) is 0.222. The molecule has 0 spiro atoms. The first-order valence-electron chi connectivity index (χ1n) is 3.94. The Kier molecular flexibility index (Phi) is 4.35. The molecule has 2 nitrogen and oxygen atoms in total. The van der Waals surface area contributed by atoms with Crippen molar-refractivity contribution in [3.63, 3.8) is 0 Å². The third-order valence-corrected chi connectivity index (χ3v) is 2.36. The number of nitrogens with one attached hydrogen (secondary N) is 1. The van der Waals surface area contributed by atoms with Crippen molar-refractivity contribution in [2.45, 2.75) is 0 Å². The van der Waals surface area contributed by atoms with Gasteiger partial charge < -0.3 is 5.32 Å². The highest BCUT2D eigenvalue weighted by molar-refractivity contribution is 9.10. The van der Waals surface area contributed by atoms with Gasteiger partial charge in [0.2, 0.25) is 0 Å². The van der Waals surface area contributed by atoms with E-state index < -0.39 is 6.67 Å². The summed E-state index contributed by atoms with van der Waals surface area (Å²) in [5, 5.41) is 2.74. The molecule has 0 aliphatic carbocycles. The van der Waals surface area contributed by atoms with Crippen molar-refractivity contribution >= 4 is 33.4 Å². The van der Waals surface area contributed by atoms with Crippen molar-refractivity contribution in [1.82, 2.24) is 5.32 Å². The lowest BCUT2D eigenvalue weighted by Crippen LogP contribution is -2.25. The molecule has 1 rings (SSSR count). The average molecular weight is 281 g/mol. The van der Waals surface area contributed by atoms with Gasteiger partial charge in [-0.1, -0.05) is 27.5 Å². The fourth-order valence-electron chi connectivity index (χ4n) is 0.930. The summed E-state index contributed by atoms with van der Waals surface area (Å²) in [6.45, 7) is -0.578. The van der Waals surface area contributed by atoms with Gasteiger partial charge in [0, 0.05) is 11.0 Å². The van der Waals surface area contributed by atoms with Crippen LogP contribution in [0.2, 0.25) is 5.02 Å². The van der Waals surface area contributed by atoms with Crippen LogP contribution in [0.15, 0.2) is 22.7 Å². The van der Waals surface area contributed by atoms with Crippen LogP contribution in [0.4, 0.5) is 4.39 Å². The molecular weight excluding hydrogens is 272 g/mol. The predicted molar refractivity (Wildman–Crippen MR) is 57.5 cm³/mol. The molecule has 0 radical (unpaired) electrons. The van der Waals surface area contributed by atoms with Gasteiger partial charge in [-0.05, 0) is 18.2 Å². The monoisotopic (exact) mass is 279 g/mol. The molecular formula is C9H8BrClFNO. The summed E-state index contributed by atoms with van der Waals surface area (Å²) >= 11 is 9.04. The molecule has 0 unspecified atom stereocenters. The number of rotatable bonds is 3. The number of benzene rings is 1. The highest BCUT2D eigenvalue weighted by Gasteiger charge is 2.09. The molecule has 14 heavy (non-hydrogen) atoms.